The monoisotopic (exact) mass is 280 g/mol. The van der Waals surface area contributed by atoms with E-state index in [0.29, 0.717) is 16.7 Å². The molecule has 0 saturated heterocycles. The van der Waals surface area contributed by atoms with E-state index in [1.54, 1.807) is 0 Å². The maximum absolute atomic E-state index is 11.1. The quantitative estimate of drug-likeness (QED) is 0.643. The predicted octanol–water partition coefficient (Wildman–Crippen LogP) is 4.47. The first-order chi connectivity index (χ1) is 9.35. The first-order valence-corrected chi connectivity index (χ1v) is 8.42. The Morgan fingerprint density at radius 2 is 2.05 bits per heavy atom. The van der Waals surface area contributed by atoms with E-state index in [1.807, 2.05) is 0 Å². The van der Waals surface area contributed by atoms with Gasteiger partial charge in [-0.3, -0.25) is 0 Å². The third-order valence-electron chi connectivity index (χ3n) is 6.91. The van der Waals surface area contributed by atoms with Crippen LogP contribution in [0.25, 0.3) is 0 Å². The molecule has 0 heterocycles. The van der Waals surface area contributed by atoms with Gasteiger partial charge in [-0.2, -0.15) is 0 Å². The zero-order valence-corrected chi connectivity index (χ0v) is 13.9. The SMILES string of the molecule is CCC(C)C(C=O)OCCC1CC2(C)CCC1C2(C)C. The molecule has 0 aromatic heterocycles. The third-order valence-corrected chi connectivity index (χ3v) is 6.91. The van der Waals surface area contributed by atoms with Crippen molar-refractivity contribution in [1.29, 1.82) is 0 Å². The largest absolute Gasteiger partial charge is 0.370 e. The molecule has 2 aliphatic carbocycles. The van der Waals surface area contributed by atoms with Crippen molar-refractivity contribution in [2.24, 2.45) is 28.6 Å². The zero-order valence-electron chi connectivity index (χ0n) is 13.9. The molecule has 2 saturated carbocycles. The van der Waals surface area contributed by atoms with Gasteiger partial charge in [0, 0.05) is 6.61 Å². The molecule has 116 valence electrons. The van der Waals surface area contributed by atoms with Crippen LogP contribution in [0.4, 0.5) is 0 Å². The van der Waals surface area contributed by atoms with Crippen LogP contribution >= 0.6 is 0 Å². The van der Waals surface area contributed by atoms with Crippen LogP contribution in [-0.2, 0) is 9.53 Å². The summed E-state index contributed by atoms with van der Waals surface area (Å²) in [6.45, 7) is 12.4. The molecule has 0 aliphatic heterocycles. The molecule has 0 aromatic rings. The molecule has 0 aromatic carbocycles. The van der Waals surface area contributed by atoms with Crippen molar-refractivity contribution in [3.8, 4) is 0 Å². The number of hydrogen-bond donors (Lipinski definition) is 0. The van der Waals surface area contributed by atoms with Crippen LogP contribution in [0.1, 0.15) is 66.7 Å². The summed E-state index contributed by atoms with van der Waals surface area (Å²) >= 11 is 0. The summed E-state index contributed by atoms with van der Waals surface area (Å²) in [6.07, 6.45) is 7.04. The van der Waals surface area contributed by atoms with Crippen molar-refractivity contribution < 1.29 is 9.53 Å². The third kappa shape index (κ3) is 2.56. The highest BCUT2D eigenvalue weighted by molar-refractivity contribution is 5.56. The Hall–Kier alpha value is -0.370. The molecule has 2 bridgehead atoms. The number of carbonyl (C=O) groups is 1. The Balaban J connectivity index is 1.83. The minimum absolute atomic E-state index is 0.206. The number of hydrogen-bond acceptors (Lipinski definition) is 2. The Kier molecular flexibility index (Phi) is 4.63. The minimum atomic E-state index is -0.206. The smallest absolute Gasteiger partial charge is 0.149 e. The van der Waals surface area contributed by atoms with E-state index in [-0.39, 0.29) is 6.10 Å². The molecular weight excluding hydrogens is 248 g/mol. The molecule has 0 N–H and O–H groups in total. The van der Waals surface area contributed by atoms with Crippen LogP contribution in [0.15, 0.2) is 0 Å². The molecule has 2 rings (SSSR count). The van der Waals surface area contributed by atoms with Crippen LogP contribution < -0.4 is 0 Å². The molecule has 2 nitrogen and oxygen atoms in total. The normalized spacial score (nSPS) is 37.9. The average Bonchev–Trinajstić information content (AvgIpc) is 2.75. The van der Waals surface area contributed by atoms with Gasteiger partial charge in [-0.25, -0.2) is 0 Å². The summed E-state index contributed by atoms with van der Waals surface area (Å²) in [5.74, 6) is 1.99. The Morgan fingerprint density at radius 3 is 2.50 bits per heavy atom. The van der Waals surface area contributed by atoms with Crippen LogP contribution in [0.2, 0.25) is 0 Å². The van der Waals surface area contributed by atoms with Crippen LogP contribution in [0, 0.1) is 28.6 Å². The van der Waals surface area contributed by atoms with Crippen molar-refractivity contribution in [1.82, 2.24) is 0 Å². The Morgan fingerprint density at radius 1 is 1.35 bits per heavy atom. The number of ether oxygens (including phenoxy) is 1. The first-order valence-electron chi connectivity index (χ1n) is 8.42. The Labute approximate surface area is 124 Å². The fourth-order valence-electron chi connectivity index (χ4n) is 4.74. The van der Waals surface area contributed by atoms with E-state index in [4.69, 9.17) is 4.74 Å². The minimum Gasteiger partial charge on any atom is -0.370 e. The molecular formula is C18H32O2. The lowest BCUT2D eigenvalue weighted by molar-refractivity contribution is -0.121. The van der Waals surface area contributed by atoms with Crippen molar-refractivity contribution in [3.05, 3.63) is 0 Å². The van der Waals surface area contributed by atoms with Gasteiger partial charge in [0.1, 0.15) is 12.4 Å². The van der Waals surface area contributed by atoms with Crippen molar-refractivity contribution >= 4 is 6.29 Å². The van der Waals surface area contributed by atoms with Gasteiger partial charge in [0.25, 0.3) is 0 Å². The first kappa shape index (κ1) is 16.0. The van der Waals surface area contributed by atoms with Gasteiger partial charge < -0.3 is 9.53 Å². The van der Waals surface area contributed by atoms with Crippen LogP contribution in [0.5, 0.6) is 0 Å². The summed E-state index contributed by atoms with van der Waals surface area (Å²) in [7, 11) is 0. The number of carbonyl (C=O) groups excluding carboxylic acids is 1. The zero-order chi connectivity index (χ0) is 15.0. The van der Waals surface area contributed by atoms with Gasteiger partial charge in [0.15, 0.2) is 0 Å². The molecule has 5 unspecified atom stereocenters. The molecule has 5 atom stereocenters. The summed E-state index contributed by atoms with van der Waals surface area (Å²) < 4.78 is 5.85. The molecule has 0 amide bonds. The number of rotatable bonds is 7. The molecule has 0 spiro atoms. The fourth-order valence-corrected chi connectivity index (χ4v) is 4.74. The topological polar surface area (TPSA) is 26.3 Å². The highest BCUT2D eigenvalue weighted by Crippen LogP contribution is 2.68. The van der Waals surface area contributed by atoms with E-state index in [0.717, 1.165) is 37.6 Å². The number of fused-ring (bicyclic) bond motifs is 2. The summed E-state index contributed by atoms with van der Waals surface area (Å²) in [4.78, 5) is 11.1. The van der Waals surface area contributed by atoms with Gasteiger partial charge in [0.05, 0.1) is 0 Å². The predicted molar refractivity (Wildman–Crippen MR) is 82.6 cm³/mol. The van der Waals surface area contributed by atoms with E-state index < -0.39 is 0 Å². The molecule has 2 heteroatoms. The van der Waals surface area contributed by atoms with Crippen LogP contribution in [0.3, 0.4) is 0 Å². The highest BCUT2D eigenvalue weighted by atomic mass is 16.5. The lowest BCUT2D eigenvalue weighted by Gasteiger charge is -2.34. The molecule has 0 radical (unpaired) electrons. The van der Waals surface area contributed by atoms with Gasteiger partial charge >= 0.3 is 0 Å². The maximum atomic E-state index is 11.1. The Bertz CT molecular complexity index is 347. The van der Waals surface area contributed by atoms with E-state index in [9.17, 15) is 4.79 Å². The second-order valence-corrected chi connectivity index (χ2v) is 8.04. The highest BCUT2D eigenvalue weighted by Gasteiger charge is 2.59. The standard InChI is InChI=1S/C18H32O2/c1-6-13(2)16(12-19)20-10-8-14-11-18(5)9-7-15(14)17(18,3)4/h12-16H,6-11H2,1-5H3. The van der Waals surface area contributed by atoms with Crippen molar-refractivity contribution in [2.75, 3.05) is 6.61 Å². The van der Waals surface area contributed by atoms with E-state index >= 15 is 0 Å². The molecule has 2 fully saturated rings. The summed E-state index contributed by atoms with van der Waals surface area (Å²) in [5.41, 5.74) is 1.02. The van der Waals surface area contributed by atoms with Gasteiger partial charge in [-0.1, -0.05) is 41.0 Å². The maximum Gasteiger partial charge on any atom is 0.149 e. The fraction of sp³-hybridized carbons (Fsp3) is 0.944. The summed E-state index contributed by atoms with van der Waals surface area (Å²) in [5, 5.41) is 0. The lowest BCUT2D eigenvalue weighted by atomic mass is 9.71. The number of aldehydes is 1. The van der Waals surface area contributed by atoms with Crippen molar-refractivity contribution in [3.63, 3.8) is 0 Å². The average molecular weight is 280 g/mol. The summed E-state index contributed by atoms with van der Waals surface area (Å²) in [6, 6.07) is 0. The molecule has 20 heavy (non-hydrogen) atoms. The van der Waals surface area contributed by atoms with Crippen LogP contribution in [-0.4, -0.2) is 19.0 Å². The van der Waals surface area contributed by atoms with Crippen molar-refractivity contribution in [2.45, 2.75) is 72.8 Å². The van der Waals surface area contributed by atoms with E-state index in [1.165, 1.54) is 19.3 Å². The second-order valence-electron chi connectivity index (χ2n) is 8.04. The van der Waals surface area contributed by atoms with Gasteiger partial charge in [-0.15, -0.1) is 0 Å². The van der Waals surface area contributed by atoms with Gasteiger partial charge in [0.2, 0.25) is 0 Å². The van der Waals surface area contributed by atoms with Gasteiger partial charge in [-0.05, 0) is 54.3 Å². The van der Waals surface area contributed by atoms with E-state index in [2.05, 4.69) is 34.6 Å². The lowest BCUT2D eigenvalue weighted by Crippen LogP contribution is -2.26. The second kappa shape index (κ2) is 5.79. The molecule has 2 aliphatic rings.